The van der Waals surface area contributed by atoms with E-state index in [2.05, 4.69) is 20.3 Å². The smallest absolute Gasteiger partial charge is 0.393 e. The number of carbonyl (C=O) groups is 1. The van der Waals surface area contributed by atoms with Crippen molar-refractivity contribution in [2.24, 2.45) is 11.7 Å². The zero-order valence-electron chi connectivity index (χ0n) is 19.2. The summed E-state index contributed by atoms with van der Waals surface area (Å²) in [5, 5.41) is 3.92. The summed E-state index contributed by atoms with van der Waals surface area (Å²) in [6.07, 6.45) is -0.810. The maximum atomic E-state index is 13.1. The number of primary amides is 1. The van der Waals surface area contributed by atoms with Crippen LogP contribution in [0.25, 0.3) is 21.7 Å². The molecule has 3 N–H and O–H groups in total. The standard InChI is InChI=1S/C24H23F3N6O2S/c1-13(31-23-30-10-15-9-19(21(28)34)36-22(15)32-23)17-4-5-18(35-17)20-14(3-2-7-29-20)11-33-8-6-16(12-33)24(25,26)27/h2-5,7,9-10,13,16H,6,8,11-12H2,1H3,(H2,28,34)(H,30,31,32). The number of anilines is 1. The van der Waals surface area contributed by atoms with Crippen molar-refractivity contribution in [2.75, 3.05) is 18.4 Å². The molecule has 2 atom stereocenters. The molecule has 188 valence electrons. The van der Waals surface area contributed by atoms with Crippen LogP contribution in [0.4, 0.5) is 19.1 Å². The van der Waals surface area contributed by atoms with E-state index in [9.17, 15) is 18.0 Å². The van der Waals surface area contributed by atoms with Crippen LogP contribution in [0.2, 0.25) is 0 Å². The predicted molar refractivity (Wildman–Crippen MR) is 129 cm³/mol. The number of likely N-dealkylation sites (tertiary alicyclic amines) is 1. The Kier molecular flexibility index (Phi) is 6.39. The molecule has 2 unspecified atom stereocenters. The lowest BCUT2D eigenvalue weighted by atomic mass is 10.1. The number of carbonyl (C=O) groups excluding carboxylic acids is 1. The highest BCUT2D eigenvalue weighted by Gasteiger charge is 2.43. The monoisotopic (exact) mass is 516 g/mol. The van der Waals surface area contributed by atoms with Gasteiger partial charge < -0.3 is 15.5 Å². The molecule has 12 heteroatoms. The number of aromatic nitrogens is 3. The SMILES string of the molecule is CC(Nc1ncc2cc(C(N)=O)sc2n1)c1ccc(-c2ncccc2CN2CCC(C(F)(F)F)C2)o1. The summed E-state index contributed by atoms with van der Waals surface area (Å²) < 4.78 is 45.3. The fourth-order valence-corrected chi connectivity index (χ4v) is 5.13. The summed E-state index contributed by atoms with van der Waals surface area (Å²) >= 11 is 1.20. The molecule has 1 fully saturated rings. The van der Waals surface area contributed by atoms with Crippen LogP contribution < -0.4 is 11.1 Å². The van der Waals surface area contributed by atoms with E-state index in [1.807, 2.05) is 19.1 Å². The Balaban J connectivity index is 1.30. The van der Waals surface area contributed by atoms with Gasteiger partial charge in [0.2, 0.25) is 5.95 Å². The summed E-state index contributed by atoms with van der Waals surface area (Å²) in [6.45, 7) is 2.62. The maximum absolute atomic E-state index is 13.1. The predicted octanol–water partition coefficient (Wildman–Crippen LogP) is 5.00. The summed E-state index contributed by atoms with van der Waals surface area (Å²) in [5.74, 6) is -0.285. The van der Waals surface area contributed by atoms with Crippen molar-refractivity contribution in [1.82, 2.24) is 19.9 Å². The molecule has 5 heterocycles. The highest BCUT2D eigenvalue weighted by molar-refractivity contribution is 7.20. The van der Waals surface area contributed by atoms with Crippen molar-refractivity contribution >= 4 is 33.4 Å². The van der Waals surface area contributed by atoms with E-state index in [4.69, 9.17) is 10.2 Å². The molecule has 36 heavy (non-hydrogen) atoms. The number of halogens is 3. The van der Waals surface area contributed by atoms with E-state index < -0.39 is 18.0 Å². The lowest BCUT2D eigenvalue weighted by Crippen LogP contribution is -2.27. The number of rotatable bonds is 7. The number of fused-ring (bicyclic) bond motifs is 1. The molecule has 0 saturated carbocycles. The van der Waals surface area contributed by atoms with Gasteiger partial charge in [-0.3, -0.25) is 14.7 Å². The molecule has 1 saturated heterocycles. The van der Waals surface area contributed by atoms with Crippen molar-refractivity contribution in [3.05, 3.63) is 58.9 Å². The first kappa shape index (κ1) is 24.2. The number of amides is 1. The van der Waals surface area contributed by atoms with Gasteiger partial charge in [0.05, 0.1) is 16.8 Å². The second-order valence-electron chi connectivity index (χ2n) is 8.77. The minimum atomic E-state index is -4.17. The van der Waals surface area contributed by atoms with Gasteiger partial charge in [-0.25, -0.2) is 9.97 Å². The maximum Gasteiger partial charge on any atom is 0.393 e. The van der Waals surface area contributed by atoms with Gasteiger partial charge in [-0.05, 0) is 49.7 Å². The second-order valence-corrected chi connectivity index (χ2v) is 9.80. The molecule has 1 aliphatic rings. The Bertz CT molecular complexity index is 1400. The molecule has 0 radical (unpaired) electrons. The summed E-state index contributed by atoms with van der Waals surface area (Å²) in [4.78, 5) is 27.5. The van der Waals surface area contributed by atoms with Crippen LogP contribution in [0, 0.1) is 5.92 Å². The van der Waals surface area contributed by atoms with Gasteiger partial charge in [0, 0.05) is 30.9 Å². The lowest BCUT2D eigenvalue weighted by molar-refractivity contribution is -0.170. The van der Waals surface area contributed by atoms with E-state index >= 15 is 0 Å². The van der Waals surface area contributed by atoms with Crippen LogP contribution in [-0.2, 0) is 6.54 Å². The van der Waals surface area contributed by atoms with Crippen molar-refractivity contribution in [2.45, 2.75) is 32.1 Å². The highest BCUT2D eigenvalue weighted by Crippen LogP contribution is 2.35. The molecule has 4 aromatic rings. The average Bonchev–Trinajstić information content (AvgIpc) is 3.58. The van der Waals surface area contributed by atoms with E-state index in [-0.39, 0.29) is 19.0 Å². The quantitative estimate of drug-likeness (QED) is 0.356. The largest absolute Gasteiger partial charge is 0.457 e. The number of hydrogen-bond donors (Lipinski definition) is 2. The van der Waals surface area contributed by atoms with Crippen LogP contribution in [0.1, 0.15) is 40.4 Å². The van der Waals surface area contributed by atoms with Crippen molar-refractivity contribution in [3.63, 3.8) is 0 Å². The van der Waals surface area contributed by atoms with Crippen LogP contribution in [0.3, 0.4) is 0 Å². The Labute approximate surface area is 208 Å². The topological polar surface area (TPSA) is 110 Å². The number of nitrogens with zero attached hydrogens (tertiary/aromatic N) is 4. The van der Waals surface area contributed by atoms with Crippen LogP contribution in [-0.4, -0.2) is 45.0 Å². The first-order valence-corrected chi connectivity index (χ1v) is 12.1. The fourth-order valence-electron chi connectivity index (χ4n) is 4.27. The molecule has 1 amide bonds. The van der Waals surface area contributed by atoms with E-state index in [0.717, 1.165) is 10.9 Å². The lowest BCUT2D eigenvalue weighted by Gasteiger charge is -2.18. The molecule has 0 aromatic carbocycles. The van der Waals surface area contributed by atoms with E-state index in [0.29, 0.717) is 46.0 Å². The van der Waals surface area contributed by atoms with Gasteiger partial charge in [0.1, 0.15) is 16.3 Å². The Morgan fingerprint density at radius 2 is 2.17 bits per heavy atom. The average molecular weight is 517 g/mol. The van der Waals surface area contributed by atoms with Gasteiger partial charge in [0.25, 0.3) is 5.91 Å². The van der Waals surface area contributed by atoms with Gasteiger partial charge in [-0.2, -0.15) is 13.2 Å². The zero-order valence-corrected chi connectivity index (χ0v) is 20.1. The fraction of sp³-hybridized carbons (Fsp3) is 0.333. The molecular weight excluding hydrogens is 493 g/mol. The first-order valence-electron chi connectivity index (χ1n) is 11.3. The van der Waals surface area contributed by atoms with Crippen molar-refractivity contribution in [1.29, 1.82) is 0 Å². The minimum absolute atomic E-state index is 0.0162. The van der Waals surface area contributed by atoms with Gasteiger partial charge >= 0.3 is 6.18 Å². The number of thiophene rings is 1. The van der Waals surface area contributed by atoms with Crippen LogP contribution in [0.15, 0.2) is 47.1 Å². The third-order valence-electron chi connectivity index (χ3n) is 6.17. The normalized spacial score (nSPS) is 17.5. The highest BCUT2D eigenvalue weighted by atomic mass is 32.1. The van der Waals surface area contributed by atoms with Gasteiger partial charge in [-0.15, -0.1) is 11.3 Å². The summed E-state index contributed by atoms with van der Waals surface area (Å²) in [6, 6.07) is 8.61. The molecule has 0 spiro atoms. The third kappa shape index (κ3) is 5.05. The molecule has 0 aliphatic carbocycles. The number of alkyl halides is 3. The number of nitrogens with two attached hydrogens (primary N) is 1. The van der Waals surface area contributed by atoms with Crippen molar-refractivity contribution < 1.29 is 22.4 Å². The number of nitrogens with one attached hydrogen (secondary N) is 1. The molecule has 1 aliphatic heterocycles. The van der Waals surface area contributed by atoms with Gasteiger partial charge in [0.15, 0.2) is 5.76 Å². The van der Waals surface area contributed by atoms with Crippen LogP contribution in [0.5, 0.6) is 0 Å². The summed E-state index contributed by atoms with van der Waals surface area (Å²) in [7, 11) is 0. The molecule has 5 rings (SSSR count). The Hall–Kier alpha value is -3.51. The molecule has 0 bridgehead atoms. The number of furan rings is 1. The second kappa shape index (κ2) is 9.51. The van der Waals surface area contributed by atoms with Gasteiger partial charge in [-0.1, -0.05) is 6.07 Å². The van der Waals surface area contributed by atoms with E-state index in [1.54, 1.807) is 35.5 Å². The Morgan fingerprint density at radius 3 is 2.92 bits per heavy atom. The minimum Gasteiger partial charge on any atom is -0.457 e. The zero-order chi connectivity index (χ0) is 25.4. The molecular formula is C24H23F3N6O2S. The van der Waals surface area contributed by atoms with Crippen molar-refractivity contribution in [3.8, 4) is 11.5 Å². The third-order valence-corrected chi connectivity index (χ3v) is 7.23. The molecule has 8 nitrogen and oxygen atoms in total. The van der Waals surface area contributed by atoms with Crippen LogP contribution >= 0.6 is 11.3 Å². The number of hydrogen-bond acceptors (Lipinski definition) is 8. The number of pyridine rings is 1. The molecule has 4 aromatic heterocycles. The Morgan fingerprint density at radius 1 is 1.33 bits per heavy atom. The first-order chi connectivity index (χ1) is 17.2. The summed E-state index contributed by atoms with van der Waals surface area (Å²) in [5.41, 5.74) is 6.75. The van der Waals surface area contributed by atoms with E-state index in [1.165, 1.54) is 11.3 Å².